The monoisotopic (exact) mass is 423 g/mol. The third-order valence-electron chi connectivity index (χ3n) is 3.97. The first-order valence-electron chi connectivity index (χ1n) is 8.19. The van der Waals surface area contributed by atoms with Crippen LogP contribution in [-0.2, 0) is 17.8 Å². The SMILES string of the molecule is CN(Cc1nc(-c2cccc(Cl)c2)no1)C(=O)CCc1ccc(Cl)cc1Cl. The predicted octanol–water partition coefficient (Wildman–Crippen LogP) is 5.29. The third kappa shape index (κ3) is 5.22. The van der Waals surface area contributed by atoms with Crippen molar-refractivity contribution >= 4 is 40.7 Å². The van der Waals surface area contributed by atoms with Gasteiger partial charge in [0, 0.05) is 34.1 Å². The first-order valence-corrected chi connectivity index (χ1v) is 9.32. The Morgan fingerprint density at radius 3 is 2.63 bits per heavy atom. The number of benzene rings is 2. The smallest absolute Gasteiger partial charge is 0.246 e. The quantitative estimate of drug-likeness (QED) is 0.539. The minimum atomic E-state index is -0.0523. The van der Waals surface area contributed by atoms with E-state index in [0.29, 0.717) is 39.6 Å². The Hall–Kier alpha value is -2.08. The Morgan fingerprint density at radius 2 is 1.89 bits per heavy atom. The molecule has 0 aliphatic rings. The van der Waals surface area contributed by atoms with Crippen LogP contribution >= 0.6 is 34.8 Å². The Balaban J connectivity index is 1.58. The van der Waals surface area contributed by atoms with Crippen LogP contribution in [0.15, 0.2) is 47.0 Å². The summed E-state index contributed by atoms with van der Waals surface area (Å²) in [5.74, 6) is 0.732. The van der Waals surface area contributed by atoms with Crippen molar-refractivity contribution < 1.29 is 9.32 Å². The van der Waals surface area contributed by atoms with E-state index in [0.717, 1.165) is 11.1 Å². The van der Waals surface area contributed by atoms with Crippen molar-refractivity contribution in [3.05, 3.63) is 69.0 Å². The van der Waals surface area contributed by atoms with Crippen molar-refractivity contribution in [2.75, 3.05) is 7.05 Å². The van der Waals surface area contributed by atoms with Gasteiger partial charge in [0.2, 0.25) is 17.6 Å². The van der Waals surface area contributed by atoms with E-state index in [1.807, 2.05) is 18.2 Å². The molecule has 3 rings (SSSR count). The molecule has 0 saturated carbocycles. The second-order valence-corrected chi connectivity index (χ2v) is 7.29. The average Bonchev–Trinajstić information content (AvgIpc) is 3.09. The lowest BCUT2D eigenvalue weighted by molar-refractivity contribution is -0.130. The van der Waals surface area contributed by atoms with Gasteiger partial charge in [0.15, 0.2) is 0 Å². The average molecular weight is 425 g/mol. The van der Waals surface area contributed by atoms with E-state index in [1.54, 1.807) is 36.2 Å². The Morgan fingerprint density at radius 1 is 1.11 bits per heavy atom. The highest BCUT2D eigenvalue weighted by atomic mass is 35.5. The summed E-state index contributed by atoms with van der Waals surface area (Å²) in [5, 5.41) is 5.66. The second kappa shape index (κ2) is 8.74. The van der Waals surface area contributed by atoms with Crippen LogP contribution in [0.1, 0.15) is 17.9 Å². The summed E-state index contributed by atoms with van der Waals surface area (Å²) in [6, 6.07) is 12.4. The van der Waals surface area contributed by atoms with Crippen LogP contribution in [0.5, 0.6) is 0 Å². The number of hydrogen-bond acceptors (Lipinski definition) is 4. The number of carbonyl (C=O) groups excluding carboxylic acids is 1. The van der Waals surface area contributed by atoms with Gasteiger partial charge in [-0.05, 0) is 36.2 Å². The molecule has 1 amide bonds. The molecule has 0 saturated heterocycles. The zero-order valence-electron chi connectivity index (χ0n) is 14.5. The van der Waals surface area contributed by atoms with Gasteiger partial charge in [0.1, 0.15) is 0 Å². The Labute approximate surface area is 171 Å². The Kier molecular flexibility index (Phi) is 6.37. The summed E-state index contributed by atoms with van der Waals surface area (Å²) >= 11 is 18.0. The van der Waals surface area contributed by atoms with E-state index in [2.05, 4.69) is 10.1 Å². The summed E-state index contributed by atoms with van der Waals surface area (Å²) in [7, 11) is 1.69. The summed E-state index contributed by atoms with van der Waals surface area (Å²) in [6.07, 6.45) is 0.837. The molecule has 1 aromatic heterocycles. The Bertz CT molecular complexity index is 959. The number of aryl methyl sites for hydroxylation is 1. The zero-order valence-corrected chi connectivity index (χ0v) is 16.7. The lowest BCUT2D eigenvalue weighted by Crippen LogP contribution is -2.26. The van der Waals surface area contributed by atoms with E-state index in [1.165, 1.54) is 0 Å². The van der Waals surface area contributed by atoms with Crippen molar-refractivity contribution in [1.82, 2.24) is 15.0 Å². The van der Waals surface area contributed by atoms with Crippen molar-refractivity contribution in [2.24, 2.45) is 0 Å². The van der Waals surface area contributed by atoms with Gasteiger partial charge in [-0.1, -0.05) is 58.2 Å². The lowest BCUT2D eigenvalue weighted by atomic mass is 10.1. The number of aromatic nitrogens is 2. The molecule has 2 aromatic carbocycles. The molecule has 0 aliphatic carbocycles. The van der Waals surface area contributed by atoms with Crippen molar-refractivity contribution in [1.29, 1.82) is 0 Å². The highest BCUT2D eigenvalue weighted by Crippen LogP contribution is 2.23. The number of nitrogens with zero attached hydrogens (tertiary/aromatic N) is 3. The number of amides is 1. The summed E-state index contributed by atoms with van der Waals surface area (Å²) in [6.45, 7) is 0.223. The minimum absolute atomic E-state index is 0.0523. The van der Waals surface area contributed by atoms with Crippen molar-refractivity contribution in [3.63, 3.8) is 0 Å². The zero-order chi connectivity index (χ0) is 19.4. The second-order valence-electron chi connectivity index (χ2n) is 6.01. The van der Waals surface area contributed by atoms with Gasteiger partial charge in [-0.3, -0.25) is 4.79 Å². The topological polar surface area (TPSA) is 59.2 Å². The first-order chi connectivity index (χ1) is 12.9. The predicted molar refractivity (Wildman–Crippen MR) is 106 cm³/mol. The van der Waals surface area contributed by atoms with Crippen LogP contribution in [0.2, 0.25) is 15.1 Å². The number of hydrogen-bond donors (Lipinski definition) is 0. The van der Waals surface area contributed by atoms with Gasteiger partial charge in [-0.25, -0.2) is 0 Å². The molecule has 140 valence electrons. The van der Waals surface area contributed by atoms with Crippen LogP contribution in [0.4, 0.5) is 0 Å². The minimum Gasteiger partial charge on any atom is -0.337 e. The highest BCUT2D eigenvalue weighted by Gasteiger charge is 2.15. The van der Waals surface area contributed by atoms with E-state index >= 15 is 0 Å². The molecule has 3 aromatic rings. The number of rotatable bonds is 6. The molecular weight excluding hydrogens is 409 g/mol. The van der Waals surface area contributed by atoms with E-state index < -0.39 is 0 Å². The maximum Gasteiger partial charge on any atom is 0.246 e. The van der Waals surface area contributed by atoms with Crippen LogP contribution in [0.3, 0.4) is 0 Å². The molecule has 0 unspecified atom stereocenters. The van der Waals surface area contributed by atoms with Crippen LogP contribution in [0.25, 0.3) is 11.4 Å². The van der Waals surface area contributed by atoms with Crippen molar-refractivity contribution in [3.8, 4) is 11.4 Å². The lowest BCUT2D eigenvalue weighted by Gasteiger charge is -2.15. The normalized spacial score (nSPS) is 10.8. The van der Waals surface area contributed by atoms with Gasteiger partial charge < -0.3 is 9.42 Å². The first kappa shape index (κ1) is 19.7. The van der Waals surface area contributed by atoms with Gasteiger partial charge in [-0.15, -0.1) is 0 Å². The highest BCUT2D eigenvalue weighted by molar-refractivity contribution is 6.35. The summed E-state index contributed by atoms with van der Waals surface area (Å²) in [5.41, 5.74) is 1.63. The fourth-order valence-corrected chi connectivity index (χ4v) is 3.21. The maximum atomic E-state index is 12.4. The summed E-state index contributed by atoms with van der Waals surface area (Å²) in [4.78, 5) is 18.2. The summed E-state index contributed by atoms with van der Waals surface area (Å²) < 4.78 is 5.24. The van der Waals surface area contributed by atoms with E-state index in [9.17, 15) is 4.79 Å². The van der Waals surface area contributed by atoms with Crippen LogP contribution in [-0.4, -0.2) is 28.0 Å². The third-order valence-corrected chi connectivity index (χ3v) is 4.79. The van der Waals surface area contributed by atoms with Crippen LogP contribution < -0.4 is 0 Å². The van der Waals surface area contributed by atoms with Crippen molar-refractivity contribution in [2.45, 2.75) is 19.4 Å². The molecule has 0 aliphatic heterocycles. The molecular formula is C19H16Cl3N3O2. The van der Waals surface area contributed by atoms with E-state index in [-0.39, 0.29) is 12.5 Å². The molecule has 0 spiro atoms. The largest absolute Gasteiger partial charge is 0.337 e. The molecule has 0 bridgehead atoms. The molecule has 0 atom stereocenters. The van der Waals surface area contributed by atoms with Gasteiger partial charge in [-0.2, -0.15) is 4.98 Å². The number of halogens is 3. The molecule has 0 fully saturated rings. The molecule has 27 heavy (non-hydrogen) atoms. The van der Waals surface area contributed by atoms with E-state index in [4.69, 9.17) is 39.3 Å². The molecule has 5 nitrogen and oxygen atoms in total. The van der Waals surface area contributed by atoms with Gasteiger partial charge in [0.25, 0.3) is 0 Å². The molecule has 0 radical (unpaired) electrons. The molecule has 0 N–H and O–H groups in total. The van der Waals surface area contributed by atoms with Crippen LogP contribution in [0, 0.1) is 0 Å². The fraction of sp³-hybridized carbons (Fsp3) is 0.211. The van der Waals surface area contributed by atoms with Gasteiger partial charge in [0.05, 0.1) is 6.54 Å². The molecule has 1 heterocycles. The fourth-order valence-electron chi connectivity index (χ4n) is 2.51. The standard InChI is InChI=1S/C19H16Cl3N3O2/c1-25(18(26)8-6-12-5-7-15(21)10-16(12)22)11-17-23-19(24-27-17)13-3-2-4-14(20)9-13/h2-5,7,9-10H,6,8,11H2,1H3. The molecule has 8 heteroatoms. The maximum absolute atomic E-state index is 12.4. The number of carbonyl (C=O) groups is 1. The van der Waals surface area contributed by atoms with Gasteiger partial charge >= 0.3 is 0 Å².